The Hall–Kier alpha value is -1.68. The molecule has 3 aromatic carbocycles. The molecule has 0 aliphatic carbocycles. The summed E-state index contributed by atoms with van der Waals surface area (Å²) in [5.41, 5.74) is 0.419. The van der Waals surface area contributed by atoms with Crippen molar-refractivity contribution in [1.82, 2.24) is 0 Å². The van der Waals surface area contributed by atoms with Gasteiger partial charge in [0.2, 0.25) is 0 Å². The molecule has 0 fully saturated rings. The number of fused-ring (bicyclic) bond motifs is 1. The van der Waals surface area contributed by atoms with Crippen molar-refractivity contribution in [2.75, 3.05) is 17.0 Å². The highest BCUT2D eigenvalue weighted by molar-refractivity contribution is 9.10. The number of anilines is 1. The Kier molecular flexibility index (Phi) is 5.59. The Morgan fingerprint density at radius 3 is 2.50 bits per heavy atom. The van der Waals surface area contributed by atoms with E-state index in [9.17, 15) is 13.5 Å². The maximum absolute atomic E-state index is 12.9. The van der Waals surface area contributed by atoms with Gasteiger partial charge in [-0.15, -0.1) is 0 Å². The first-order valence-electron chi connectivity index (χ1n) is 8.32. The van der Waals surface area contributed by atoms with E-state index in [2.05, 4.69) is 25.6 Å². The van der Waals surface area contributed by atoms with E-state index in [1.165, 1.54) is 23.9 Å². The SMILES string of the molecule is O=S(=O)(Nc1cc(SC2=NCCS2)c(O)c2ccccc12)c1ccc(Br)cc1. The number of hydrogen-bond acceptors (Lipinski definition) is 6. The van der Waals surface area contributed by atoms with Gasteiger partial charge in [-0.05, 0) is 30.3 Å². The number of aromatic hydroxyl groups is 1. The van der Waals surface area contributed by atoms with Gasteiger partial charge >= 0.3 is 0 Å². The predicted octanol–water partition coefficient (Wildman–Crippen LogP) is 5.30. The van der Waals surface area contributed by atoms with E-state index >= 15 is 0 Å². The molecule has 5 nitrogen and oxygen atoms in total. The van der Waals surface area contributed by atoms with Crippen molar-refractivity contribution in [3.8, 4) is 5.75 Å². The number of phenols is 1. The summed E-state index contributed by atoms with van der Waals surface area (Å²) in [6.07, 6.45) is 0. The first-order chi connectivity index (χ1) is 13.4. The van der Waals surface area contributed by atoms with E-state index in [4.69, 9.17) is 0 Å². The zero-order valence-electron chi connectivity index (χ0n) is 14.4. The minimum Gasteiger partial charge on any atom is -0.506 e. The van der Waals surface area contributed by atoms with Crippen molar-refractivity contribution in [3.63, 3.8) is 0 Å². The molecular formula is C19H15BrN2O3S3. The van der Waals surface area contributed by atoms with Gasteiger partial charge in [0.25, 0.3) is 10.0 Å². The molecule has 0 amide bonds. The fourth-order valence-corrected chi connectivity index (χ4v) is 6.14. The molecule has 9 heteroatoms. The van der Waals surface area contributed by atoms with Gasteiger partial charge in [0.15, 0.2) is 0 Å². The lowest BCUT2D eigenvalue weighted by Crippen LogP contribution is -2.13. The molecule has 2 N–H and O–H groups in total. The van der Waals surface area contributed by atoms with Crippen molar-refractivity contribution in [2.24, 2.45) is 4.99 Å². The van der Waals surface area contributed by atoms with Crippen molar-refractivity contribution in [2.45, 2.75) is 9.79 Å². The summed E-state index contributed by atoms with van der Waals surface area (Å²) in [6, 6.07) is 15.3. The van der Waals surface area contributed by atoms with Crippen LogP contribution in [0.5, 0.6) is 5.75 Å². The number of nitrogens with zero attached hydrogens (tertiary/aromatic N) is 1. The molecule has 144 valence electrons. The second-order valence-electron chi connectivity index (χ2n) is 5.97. The fraction of sp³-hybridized carbons (Fsp3) is 0.105. The zero-order valence-corrected chi connectivity index (χ0v) is 18.5. The average Bonchev–Trinajstić information content (AvgIpc) is 3.19. The van der Waals surface area contributed by atoms with Crippen molar-refractivity contribution < 1.29 is 13.5 Å². The van der Waals surface area contributed by atoms with Crippen LogP contribution in [0.25, 0.3) is 10.8 Å². The van der Waals surface area contributed by atoms with Crippen LogP contribution >= 0.6 is 39.5 Å². The van der Waals surface area contributed by atoms with Crippen LogP contribution in [0, 0.1) is 0 Å². The Bertz CT molecular complexity index is 1180. The highest BCUT2D eigenvalue weighted by Crippen LogP contribution is 2.42. The largest absolute Gasteiger partial charge is 0.506 e. The van der Waals surface area contributed by atoms with E-state index < -0.39 is 10.0 Å². The van der Waals surface area contributed by atoms with Gasteiger partial charge in [-0.1, -0.05) is 63.7 Å². The summed E-state index contributed by atoms with van der Waals surface area (Å²) in [7, 11) is -3.78. The third-order valence-corrected chi connectivity index (χ3v) is 8.22. The van der Waals surface area contributed by atoms with Crippen LogP contribution in [-0.4, -0.2) is 30.2 Å². The number of rotatable bonds is 4. The molecule has 0 spiro atoms. The minimum atomic E-state index is -3.78. The molecule has 1 aliphatic rings. The van der Waals surface area contributed by atoms with Crippen LogP contribution in [0.1, 0.15) is 0 Å². The van der Waals surface area contributed by atoms with E-state index in [0.717, 1.165) is 21.1 Å². The lowest BCUT2D eigenvalue weighted by atomic mass is 10.1. The molecule has 0 saturated heterocycles. The smallest absolute Gasteiger partial charge is 0.261 e. The number of sulfonamides is 1. The van der Waals surface area contributed by atoms with Crippen molar-refractivity contribution >= 4 is 70.3 Å². The third-order valence-electron chi connectivity index (χ3n) is 4.10. The third kappa shape index (κ3) is 4.03. The van der Waals surface area contributed by atoms with Gasteiger partial charge in [-0.3, -0.25) is 9.71 Å². The molecule has 0 saturated carbocycles. The Balaban J connectivity index is 1.79. The lowest BCUT2D eigenvalue weighted by Gasteiger charge is -2.15. The standard InChI is InChI=1S/C19H15BrN2O3S3/c20-12-5-7-13(8-6-12)28(24,25)22-16-11-17(27-19-21-9-10-26-19)18(23)15-4-2-1-3-14(15)16/h1-8,11,22-23H,9-10H2. The number of halogens is 1. The van der Waals surface area contributed by atoms with Crippen molar-refractivity contribution in [3.05, 3.63) is 59.1 Å². The number of phenolic OH excluding ortho intramolecular Hbond substituents is 1. The lowest BCUT2D eigenvalue weighted by molar-refractivity contribution is 0.469. The summed E-state index contributed by atoms with van der Waals surface area (Å²) in [5.74, 6) is 1.04. The first kappa shape index (κ1) is 19.6. The monoisotopic (exact) mass is 494 g/mol. The highest BCUT2D eigenvalue weighted by atomic mass is 79.9. The number of benzene rings is 3. The Morgan fingerprint density at radius 2 is 1.82 bits per heavy atom. The Labute approximate surface area is 179 Å². The normalized spacial score (nSPS) is 14.2. The van der Waals surface area contributed by atoms with E-state index in [-0.39, 0.29) is 10.6 Å². The summed E-state index contributed by atoms with van der Waals surface area (Å²) < 4.78 is 30.1. The average molecular weight is 495 g/mol. The molecule has 28 heavy (non-hydrogen) atoms. The van der Waals surface area contributed by atoms with Crippen LogP contribution in [0.4, 0.5) is 5.69 Å². The molecule has 0 aromatic heterocycles. The van der Waals surface area contributed by atoms with Gasteiger partial charge < -0.3 is 5.11 Å². The molecule has 4 rings (SSSR count). The number of thioether (sulfide) groups is 2. The second kappa shape index (κ2) is 7.98. The van der Waals surface area contributed by atoms with Gasteiger partial charge in [-0.2, -0.15) is 0 Å². The quantitative estimate of drug-likeness (QED) is 0.480. The predicted molar refractivity (Wildman–Crippen MR) is 121 cm³/mol. The summed E-state index contributed by atoms with van der Waals surface area (Å²) in [5, 5.41) is 11.9. The molecule has 1 aliphatic heterocycles. The van der Waals surface area contributed by atoms with Gasteiger partial charge in [-0.25, -0.2) is 8.42 Å². The summed E-state index contributed by atoms with van der Waals surface area (Å²) in [6.45, 7) is 0.754. The number of aliphatic imine (C=N–C) groups is 1. The summed E-state index contributed by atoms with van der Waals surface area (Å²) >= 11 is 6.29. The number of hydrogen-bond donors (Lipinski definition) is 2. The van der Waals surface area contributed by atoms with Gasteiger partial charge in [0, 0.05) is 21.0 Å². The van der Waals surface area contributed by atoms with Crippen LogP contribution in [-0.2, 0) is 10.0 Å². The van der Waals surface area contributed by atoms with Crippen molar-refractivity contribution in [1.29, 1.82) is 0 Å². The minimum absolute atomic E-state index is 0.127. The summed E-state index contributed by atoms with van der Waals surface area (Å²) in [4.78, 5) is 5.13. The molecule has 0 bridgehead atoms. The van der Waals surface area contributed by atoms with E-state index in [1.54, 1.807) is 42.1 Å². The van der Waals surface area contributed by atoms with E-state index in [0.29, 0.717) is 21.4 Å². The van der Waals surface area contributed by atoms with Crippen LogP contribution in [0.3, 0.4) is 0 Å². The topological polar surface area (TPSA) is 78.8 Å². The molecule has 0 unspecified atom stereocenters. The first-order valence-corrected chi connectivity index (χ1v) is 12.4. The Morgan fingerprint density at radius 1 is 1.11 bits per heavy atom. The van der Waals surface area contributed by atoms with Gasteiger partial charge in [0.1, 0.15) is 10.1 Å². The maximum Gasteiger partial charge on any atom is 0.261 e. The fourth-order valence-electron chi connectivity index (χ4n) is 2.79. The highest BCUT2D eigenvalue weighted by Gasteiger charge is 2.20. The molecule has 0 atom stereocenters. The number of nitrogens with one attached hydrogen (secondary N) is 1. The molecule has 0 radical (unpaired) electrons. The second-order valence-corrected chi connectivity index (χ2v) is 10.9. The molecule has 3 aromatic rings. The van der Waals surface area contributed by atoms with Crippen LogP contribution < -0.4 is 4.72 Å². The molecule has 1 heterocycles. The van der Waals surface area contributed by atoms with Gasteiger partial charge in [0.05, 0.1) is 22.0 Å². The zero-order chi connectivity index (χ0) is 19.7. The molecular weight excluding hydrogens is 480 g/mol. The maximum atomic E-state index is 12.9. The van der Waals surface area contributed by atoms with Crippen LogP contribution in [0.15, 0.2) is 73.9 Å². The van der Waals surface area contributed by atoms with Crippen LogP contribution in [0.2, 0.25) is 0 Å². The van der Waals surface area contributed by atoms with E-state index in [1.807, 2.05) is 12.1 Å².